The van der Waals surface area contributed by atoms with Crippen LogP contribution in [0.25, 0.3) is 0 Å². The number of ether oxygens (including phenoxy) is 2. The number of nitrogens with one attached hydrogen (secondary N) is 2. The third kappa shape index (κ3) is 6.19. The fraction of sp³-hybridized carbons (Fsp3) is 0.500. The Balaban J connectivity index is 0.00000240. The molecule has 1 aliphatic carbocycles. The van der Waals surface area contributed by atoms with Crippen molar-refractivity contribution < 1.29 is 9.47 Å². The van der Waals surface area contributed by atoms with Crippen molar-refractivity contribution in [1.29, 1.82) is 0 Å². The minimum Gasteiger partial charge on any atom is -0.489 e. The van der Waals surface area contributed by atoms with E-state index in [1.54, 1.807) is 0 Å². The van der Waals surface area contributed by atoms with Gasteiger partial charge in [0.05, 0.1) is 13.2 Å². The molecule has 4 rings (SSSR count). The second-order valence-electron chi connectivity index (χ2n) is 8.14. The van der Waals surface area contributed by atoms with Crippen molar-refractivity contribution in [3.8, 4) is 5.75 Å². The summed E-state index contributed by atoms with van der Waals surface area (Å²) in [7, 11) is 0. The number of benzene rings is 2. The number of morpholine rings is 1. The van der Waals surface area contributed by atoms with Crippen LogP contribution in [0.3, 0.4) is 0 Å². The van der Waals surface area contributed by atoms with Crippen LogP contribution in [0.4, 0.5) is 0 Å². The number of aryl methyl sites for hydroxylation is 1. The molecule has 5 heteroatoms. The van der Waals surface area contributed by atoms with Gasteiger partial charge in [0.1, 0.15) is 12.4 Å². The van der Waals surface area contributed by atoms with E-state index in [9.17, 15) is 0 Å². The maximum atomic E-state index is 5.93. The highest BCUT2D eigenvalue weighted by atomic mass is 35.5. The van der Waals surface area contributed by atoms with Crippen LogP contribution in [0.2, 0.25) is 0 Å². The summed E-state index contributed by atoms with van der Waals surface area (Å²) >= 11 is 0. The lowest BCUT2D eigenvalue weighted by Crippen LogP contribution is -2.50. The summed E-state index contributed by atoms with van der Waals surface area (Å²) in [5.74, 6) is 1.60. The van der Waals surface area contributed by atoms with Crippen molar-refractivity contribution >= 4 is 12.4 Å². The quantitative estimate of drug-likeness (QED) is 0.708. The molecule has 1 heterocycles. The van der Waals surface area contributed by atoms with Crippen molar-refractivity contribution in [2.24, 2.45) is 5.92 Å². The normalized spacial score (nSPS) is 24.1. The van der Waals surface area contributed by atoms with Crippen molar-refractivity contribution in [3.63, 3.8) is 0 Å². The van der Waals surface area contributed by atoms with E-state index >= 15 is 0 Å². The van der Waals surface area contributed by atoms with Gasteiger partial charge in [0.15, 0.2) is 0 Å². The topological polar surface area (TPSA) is 42.5 Å². The molecule has 2 aromatic rings. The molecule has 3 unspecified atom stereocenters. The molecule has 4 nitrogen and oxygen atoms in total. The monoisotopic (exact) mass is 416 g/mol. The highest BCUT2D eigenvalue weighted by Crippen LogP contribution is 2.29. The van der Waals surface area contributed by atoms with Gasteiger partial charge in [0.25, 0.3) is 0 Å². The lowest BCUT2D eigenvalue weighted by Gasteiger charge is -2.33. The van der Waals surface area contributed by atoms with E-state index in [4.69, 9.17) is 9.47 Å². The van der Waals surface area contributed by atoms with Gasteiger partial charge < -0.3 is 20.1 Å². The van der Waals surface area contributed by atoms with Gasteiger partial charge in [-0.25, -0.2) is 0 Å². The summed E-state index contributed by atoms with van der Waals surface area (Å²) in [6.45, 7) is 6.32. The Morgan fingerprint density at radius 2 is 1.97 bits per heavy atom. The van der Waals surface area contributed by atoms with E-state index < -0.39 is 0 Å². The van der Waals surface area contributed by atoms with E-state index in [1.807, 2.05) is 0 Å². The van der Waals surface area contributed by atoms with E-state index in [-0.39, 0.29) is 12.4 Å². The summed E-state index contributed by atoms with van der Waals surface area (Å²) in [6, 6.07) is 18.0. The number of halogens is 1. The first-order valence-electron chi connectivity index (χ1n) is 10.6. The van der Waals surface area contributed by atoms with Crippen LogP contribution in [0.15, 0.2) is 48.5 Å². The Morgan fingerprint density at radius 3 is 2.72 bits per heavy atom. The van der Waals surface area contributed by atoms with Crippen molar-refractivity contribution in [1.82, 2.24) is 10.6 Å². The van der Waals surface area contributed by atoms with Crippen molar-refractivity contribution in [2.45, 2.75) is 51.4 Å². The second-order valence-corrected chi connectivity index (χ2v) is 8.14. The van der Waals surface area contributed by atoms with E-state index in [1.165, 1.54) is 36.0 Å². The van der Waals surface area contributed by atoms with Crippen LogP contribution in [0.5, 0.6) is 5.75 Å². The molecule has 1 aliphatic heterocycles. The van der Waals surface area contributed by atoms with Gasteiger partial charge >= 0.3 is 0 Å². The fourth-order valence-corrected chi connectivity index (χ4v) is 4.51. The first-order chi connectivity index (χ1) is 13.8. The summed E-state index contributed by atoms with van der Waals surface area (Å²) in [6.07, 6.45) is 3.87. The van der Waals surface area contributed by atoms with Crippen molar-refractivity contribution in [3.05, 3.63) is 65.2 Å². The molecule has 1 saturated carbocycles. The largest absolute Gasteiger partial charge is 0.489 e. The standard InChI is InChI=1S/C24H32N2O2.ClH/c1-18-4-2-5-20(14-18)16-28-21-10-8-19(9-11-21)15-26-23-7-3-6-22(23)24-17-27-13-12-25-24;/h2,4-5,8-11,14,22-26H,3,6-7,12-13,15-17H2,1H3;1H. The summed E-state index contributed by atoms with van der Waals surface area (Å²) in [5.41, 5.74) is 3.78. The molecule has 29 heavy (non-hydrogen) atoms. The van der Waals surface area contributed by atoms with Gasteiger partial charge in [0, 0.05) is 25.2 Å². The number of rotatable bonds is 7. The van der Waals surface area contributed by atoms with Crippen LogP contribution < -0.4 is 15.4 Å². The minimum atomic E-state index is 0. The van der Waals surface area contributed by atoms with Gasteiger partial charge in [0.2, 0.25) is 0 Å². The Kier molecular flexibility index (Phi) is 8.37. The molecule has 3 atom stereocenters. The zero-order valence-electron chi connectivity index (χ0n) is 17.2. The van der Waals surface area contributed by atoms with Crippen molar-refractivity contribution in [2.75, 3.05) is 19.8 Å². The van der Waals surface area contributed by atoms with Gasteiger partial charge in [-0.2, -0.15) is 0 Å². The molecular formula is C24H33ClN2O2. The smallest absolute Gasteiger partial charge is 0.119 e. The molecule has 2 N–H and O–H groups in total. The summed E-state index contributed by atoms with van der Waals surface area (Å²) in [5, 5.41) is 7.44. The van der Waals surface area contributed by atoms with Gasteiger partial charge in [-0.05, 0) is 48.9 Å². The molecule has 0 aromatic heterocycles. The molecule has 0 radical (unpaired) electrons. The molecule has 2 aliphatic rings. The Morgan fingerprint density at radius 1 is 1.10 bits per heavy atom. The van der Waals surface area contributed by atoms with Crippen LogP contribution in [0.1, 0.15) is 36.0 Å². The third-order valence-corrected chi connectivity index (χ3v) is 6.02. The summed E-state index contributed by atoms with van der Waals surface area (Å²) in [4.78, 5) is 0. The number of hydrogen-bond acceptors (Lipinski definition) is 4. The lowest BCUT2D eigenvalue weighted by molar-refractivity contribution is 0.0524. The van der Waals surface area contributed by atoms with Crippen LogP contribution in [-0.2, 0) is 17.9 Å². The molecule has 0 spiro atoms. The first-order valence-corrected chi connectivity index (χ1v) is 10.6. The third-order valence-electron chi connectivity index (χ3n) is 6.02. The molecule has 0 bridgehead atoms. The zero-order valence-corrected chi connectivity index (χ0v) is 18.0. The Labute approximate surface area is 180 Å². The molecule has 0 amide bonds. The first kappa shape index (κ1) is 22.1. The predicted molar refractivity (Wildman–Crippen MR) is 120 cm³/mol. The number of hydrogen-bond donors (Lipinski definition) is 2. The molecule has 1 saturated heterocycles. The van der Waals surface area contributed by atoms with E-state index in [0.29, 0.717) is 24.6 Å². The lowest BCUT2D eigenvalue weighted by atomic mass is 9.94. The van der Waals surface area contributed by atoms with Gasteiger partial charge in [-0.3, -0.25) is 0 Å². The Bertz CT molecular complexity index is 747. The second kappa shape index (κ2) is 11.0. The highest BCUT2D eigenvalue weighted by Gasteiger charge is 2.34. The average molecular weight is 417 g/mol. The van der Waals surface area contributed by atoms with Crippen LogP contribution in [0, 0.1) is 12.8 Å². The molecule has 158 valence electrons. The van der Waals surface area contributed by atoms with E-state index in [0.717, 1.165) is 32.1 Å². The summed E-state index contributed by atoms with van der Waals surface area (Å²) < 4.78 is 11.6. The predicted octanol–water partition coefficient (Wildman–Crippen LogP) is 4.24. The van der Waals surface area contributed by atoms with Crippen LogP contribution >= 0.6 is 12.4 Å². The minimum absolute atomic E-state index is 0. The molecule has 2 fully saturated rings. The maximum Gasteiger partial charge on any atom is 0.119 e. The highest BCUT2D eigenvalue weighted by molar-refractivity contribution is 5.85. The van der Waals surface area contributed by atoms with Gasteiger partial charge in [-0.1, -0.05) is 48.4 Å². The SMILES string of the molecule is Cc1cccc(COc2ccc(CNC3CCCC3C3COCCN3)cc2)c1.Cl. The maximum absolute atomic E-state index is 5.93. The van der Waals surface area contributed by atoms with E-state index in [2.05, 4.69) is 66.1 Å². The molecular weight excluding hydrogens is 384 g/mol. The fourth-order valence-electron chi connectivity index (χ4n) is 4.51. The molecule has 2 aromatic carbocycles. The zero-order chi connectivity index (χ0) is 19.2. The van der Waals surface area contributed by atoms with Crippen LogP contribution in [-0.4, -0.2) is 31.8 Å². The van der Waals surface area contributed by atoms with Gasteiger partial charge in [-0.15, -0.1) is 12.4 Å². The average Bonchev–Trinajstić information content (AvgIpc) is 3.21. The Hall–Kier alpha value is -1.59.